The van der Waals surface area contributed by atoms with E-state index in [-0.39, 0.29) is 11.8 Å². The molecule has 134 valence electrons. The van der Waals surface area contributed by atoms with E-state index in [0.29, 0.717) is 13.0 Å². The molecule has 0 saturated heterocycles. The Morgan fingerprint density at radius 2 is 1.81 bits per heavy atom. The number of carbonyl (C=O) groups excluding carboxylic acids is 2. The predicted octanol–water partition coefficient (Wildman–Crippen LogP) is 3.77. The lowest BCUT2D eigenvalue weighted by molar-refractivity contribution is -0.121. The van der Waals surface area contributed by atoms with E-state index in [9.17, 15) is 9.59 Å². The molecule has 0 bridgehead atoms. The minimum atomic E-state index is -0.0961. The Balaban J connectivity index is 1.42. The second kappa shape index (κ2) is 8.34. The van der Waals surface area contributed by atoms with Crippen molar-refractivity contribution in [2.45, 2.75) is 32.7 Å². The molecule has 0 unspecified atom stereocenters. The highest BCUT2D eigenvalue weighted by atomic mass is 16.2. The number of H-pyrrole nitrogens is 1. The summed E-state index contributed by atoms with van der Waals surface area (Å²) in [5, 5.41) is 6.89. The molecular weight excluding hydrogens is 326 g/mol. The van der Waals surface area contributed by atoms with Crippen molar-refractivity contribution in [3.8, 4) is 0 Å². The van der Waals surface area contributed by atoms with Crippen molar-refractivity contribution in [2.24, 2.45) is 0 Å². The van der Waals surface area contributed by atoms with Crippen molar-refractivity contribution < 1.29 is 9.59 Å². The molecule has 0 radical (unpaired) electrons. The van der Waals surface area contributed by atoms with Gasteiger partial charge in [0.05, 0.1) is 0 Å². The highest BCUT2D eigenvalue weighted by molar-refractivity contribution is 5.88. The van der Waals surface area contributed by atoms with Crippen LogP contribution in [-0.2, 0) is 22.6 Å². The summed E-state index contributed by atoms with van der Waals surface area (Å²) in [6.45, 7) is 1.97. The Kier molecular flexibility index (Phi) is 5.69. The second-order valence-electron chi connectivity index (χ2n) is 6.37. The van der Waals surface area contributed by atoms with E-state index in [4.69, 9.17) is 0 Å². The summed E-state index contributed by atoms with van der Waals surface area (Å²) >= 11 is 0. The van der Waals surface area contributed by atoms with Crippen molar-refractivity contribution in [3.63, 3.8) is 0 Å². The minimum Gasteiger partial charge on any atom is -0.361 e. The standard InChI is InChI=1S/C21H23N3O2/c1-15(25)24-18-11-9-16(10-12-18)13-23-21(26)8-4-5-17-14-22-20-7-3-2-6-19(17)20/h2-3,6-7,9-12,14,22H,4-5,8,13H2,1H3,(H,23,26)(H,24,25). The quantitative estimate of drug-likeness (QED) is 0.607. The van der Waals surface area contributed by atoms with Gasteiger partial charge in [-0.15, -0.1) is 0 Å². The van der Waals surface area contributed by atoms with Crippen LogP contribution >= 0.6 is 0 Å². The molecule has 26 heavy (non-hydrogen) atoms. The van der Waals surface area contributed by atoms with Gasteiger partial charge in [0.1, 0.15) is 0 Å². The zero-order chi connectivity index (χ0) is 18.4. The normalized spacial score (nSPS) is 10.7. The molecule has 0 saturated carbocycles. The van der Waals surface area contributed by atoms with Crippen LogP contribution in [0.15, 0.2) is 54.7 Å². The number of benzene rings is 2. The van der Waals surface area contributed by atoms with Crippen LogP contribution in [0, 0.1) is 0 Å². The number of rotatable bonds is 7. The lowest BCUT2D eigenvalue weighted by Crippen LogP contribution is -2.22. The maximum Gasteiger partial charge on any atom is 0.221 e. The third-order valence-corrected chi connectivity index (χ3v) is 4.29. The van der Waals surface area contributed by atoms with Crippen LogP contribution < -0.4 is 10.6 Å². The van der Waals surface area contributed by atoms with Gasteiger partial charge < -0.3 is 15.6 Å². The van der Waals surface area contributed by atoms with Gasteiger partial charge in [-0.2, -0.15) is 0 Å². The van der Waals surface area contributed by atoms with Gasteiger partial charge in [0.25, 0.3) is 0 Å². The summed E-state index contributed by atoms with van der Waals surface area (Å²) in [5.74, 6) is -0.0444. The zero-order valence-corrected chi connectivity index (χ0v) is 14.8. The molecule has 0 spiro atoms. The van der Waals surface area contributed by atoms with Crippen LogP contribution in [0.3, 0.4) is 0 Å². The van der Waals surface area contributed by atoms with E-state index < -0.39 is 0 Å². The largest absolute Gasteiger partial charge is 0.361 e. The lowest BCUT2D eigenvalue weighted by Gasteiger charge is -2.07. The Morgan fingerprint density at radius 3 is 2.58 bits per heavy atom. The fraction of sp³-hybridized carbons (Fsp3) is 0.238. The zero-order valence-electron chi connectivity index (χ0n) is 14.8. The Morgan fingerprint density at radius 1 is 1.04 bits per heavy atom. The van der Waals surface area contributed by atoms with E-state index in [2.05, 4.69) is 27.8 Å². The molecule has 3 aromatic rings. The van der Waals surface area contributed by atoms with Crippen molar-refractivity contribution in [1.29, 1.82) is 0 Å². The lowest BCUT2D eigenvalue weighted by atomic mass is 10.1. The van der Waals surface area contributed by atoms with Gasteiger partial charge in [0.2, 0.25) is 11.8 Å². The summed E-state index contributed by atoms with van der Waals surface area (Å²) < 4.78 is 0. The van der Waals surface area contributed by atoms with E-state index in [0.717, 1.165) is 29.6 Å². The number of carbonyl (C=O) groups is 2. The van der Waals surface area contributed by atoms with Gasteiger partial charge in [-0.1, -0.05) is 30.3 Å². The third kappa shape index (κ3) is 4.72. The van der Waals surface area contributed by atoms with E-state index >= 15 is 0 Å². The number of amides is 2. The summed E-state index contributed by atoms with van der Waals surface area (Å²) in [6.07, 6.45) is 4.22. The molecular formula is C21H23N3O2. The van der Waals surface area contributed by atoms with Crippen LogP contribution in [0.4, 0.5) is 5.69 Å². The molecule has 5 nitrogen and oxygen atoms in total. The summed E-state index contributed by atoms with van der Waals surface area (Å²) in [5.41, 5.74) is 4.15. The van der Waals surface area contributed by atoms with Crippen LogP contribution in [0.5, 0.6) is 0 Å². The summed E-state index contributed by atoms with van der Waals surface area (Å²) in [7, 11) is 0. The molecule has 0 aliphatic heterocycles. The van der Waals surface area contributed by atoms with Gasteiger partial charge in [-0.05, 0) is 42.2 Å². The average Bonchev–Trinajstić information content (AvgIpc) is 3.04. The number of anilines is 1. The SMILES string of the molecule is CC(=O)Nc1ccc(CNC(=O)CCCc2c[nH]c3ccccc23)cc1. The van der Waals surface area contributed by atoms with E-state index in [1.54, 1.807) is 0 Å². The molecule has 1 aromatic heterocycles. The number of hydrogen-bond acceptors (Lipinski definition) is 2. The predicted molar refractivity (Wildman–Crippen MR) is 104 cm³/mol. The van der Waals surface area contributed by atoms with Crippen molar-refractivity contribution in [2.75, 3.05) is 5.32 Å². The first-order valence-electron chi connectivity index (χ1n) is 8.80. The average molecular weight is 349 g/mol. The first-order chi connectivity index (χ1) is 12.6. The van der Waals surface area contributed by atoms with Crippen LogP contribution in [0.2, 0.25) is 0 Å². The second-order valence-corrected chi connectivity index (χ2v) is 6.37. The van der Waals surface area contributed by atoms with Crippen LogP contribution in [0.1, 0.15) is 30.9 Å². The smallest absolute Gasteiger partial charge is 0.221 e. The Hall–Kier alpha value is -3.08. The van der Waals surface area contributed by atoms with E-state index in [1.165, 1.54) is 17.9 Å². The molecule has 5 heteroatoms. The monoisotopic (exact) mass is 349 g/mol. The molecule has 2 aromatic carbocycles. The highest BCUT2D eigenvalue weighted by Crippen LogP contribution is 2.19. The van der Waals surface area contributed by atoms with Crippen LogP contribution in [0.25, 0.3) is 10.9 Å². The fourth-order valence-electron chi connectivity index (χ4n) is 2.98. The first kappa shape index (κ1) is 17.7. The van der Waals surface area contributed by atoms with Gasteiger partial charge in [-0.3, -0.25) is 9.59 Å². The molecule has 0 aliphatic rings. The van der Waals surface area contributed by atoms with Gasteiger partial charge in [0.15, 0.2) is 0 Å². The Labute approximate surface area is 152 Å². The van der Waals surface area contributed by atoms with Gasteiger partial charge in [0, 0.05) is 42.7 Å². The number of aryl methyl sites for hydroxylation is 1. The number of hydrogen-bond donors (Lipinski definition) is 3. The minimum absolute atomic E-state index is 0.0516. The summed E-state index contributed by atoms with van der Waals surface area (Å²) in [4.78, 5) is 26.3. The Bertz CT molecular complexity index is 897. The highest BCUT2D eigenvalue weighted by Gasteiger charge is 2.06. The fourth-order valence-corrected chi connectivity index (χ4v) is 2.98. The number of aromatic nitrogens is 1. The molecule has 3 rings (SSSR count). The van der Waals surface area contributed by atoms with Crippen LogP contribution in [-0.4, -0.2) is 16.8 Å². The topological polar surface area (TPSA) is 74.0 Å². The summed E-state index contributed by atoms with van der Waals surface area (Å²) in [6, 6.07) is 15.7. The van der Waals surface area contributed by atoms with Crippen molar-refractivity contribution in [1.82, 2.24) is 10.3 Å². The first-order valence-corrected chi connectivity index (χ1v) is 8.80. The molecule has 0 fully saturated rings. The molecule has 0 aliphatic carbocycles. The number of fused-ring (bicyclic) bond motifs is 1. The van der Waals surface area contributed by atoms with Crippen molar-refractivity contribution >= 4 is 28.4 Å². The number of nitrogens with one attached hydrogen (secondary N) is 3. The molecule has 2 amide bonds. The van der Waals surface area contributed by atoms with E-state index in [1.807, 2.05) is 42.6 Å². The number of para-hydroxylation sites is 1. The maximum absolute atomic E-state index is 12.0. The molecule has 3 N–H and O–H groups in total. The van der Waals surface area contributed by atoms with Gasteiger partial charge >= 0.3 is 0 Å². The molecule has 1 heterocycles. The van der Waals surface area contributed by atoms with Crippen molar-refractivity contribution in [3.05, 3.63) is 65.9 Å². The van der Waals surface area contributed by atoms with Gasteiger partial charge in [-0.25, -0.2) is 0 Å². The maximum atomic E-state index is 12.0. The number of aromatic amines is 1. The third-order valence-electron chi connectivity index (χ3n) is 4.29. The molecule has 0 atom stereocenters.